The second kappa shape index (κ2) is 11.4. The number of benzene rings is 2. The van der Waals surface area contributed by atoms with Crippen LogP contribution < -0.4 is 14.8 Å². The highest BCUT2D eigenvalue weighted by molar-refractivity contribution is 5.33. The van der Waals surface area contributed by atoms with Crippen LogP contribution in [0.15, 0.2) is 48.5 Å². The second-order valence-electron chi connectivity index (χ2n) is 8.41. The van der Waals surface area contributed by atoms with Crippen molar-refractivity contribution in [2.75, 3.05) is 14.2 Å². The molecule has 1 saturated heterocycles. The Balaban J connectivity index is 1.77. The van der Waals surface area contributed by atoms with E-state index in [1.807, 2.05) is 24.3 Å². The SMILES string of the molecule is CCCCCCC[C@H]1[C@H](O)C[C@H](c2ccc(OC)cc2)N[C@@H]1c1ccc(OC)cc1. The molecule has 2 aromatic carbocycles. The largest absolute Gasteiger partial charge is 0.497 e. The minimum atomic E-state index is -0.323. The molecule has 4 heteroatoms. The number of methoxy groups -OCH3 is 2. The summed E-state index contributed by atoms with van der Waals surface area (Å²) < 4.78 is 10.6. The van der Waals surface area contributed by atoms with Crippen LogP contribution in [0, 0.1) is 5.92 Å². The monoisotopic (exact) mass is 411 g/mol. The first kappa shape index (κ1) is 22.6. The van der Waals surface area contributed by atoms with Crippen LogP contribution in [0.25, 0.3) is 0 Å². The van der Waals surface area contributed by atoms with E-state index in [0.29, 0.717) is 0 Å². The van der Waals surface area contributed by atoms with Gasteiger partial charge in [0.05, 0.1) is 20.3 Å². The van der Waals surface area contributed by atoms with Gasteiger partial charge in [0.2, 0.25) is 0 Å². The van der Waals surface area contributed by atoms with Crippen LogP contribution in [0.5, 0.6) is 11.5 Å². The van der Waals surface area contributed by atoms with E-state index in [2.05, 4.69) is 36.5 Å². The number of ether oxygens (including phenoxy) is 2. The lowest BCUT2D eigenvalue weighted by Gasteiger charge is -2.41. The molecule has 0 saturated carbocycles. The van der Waals surface area contributed by atoms with Crippen molar-refractivity contribution in [3.63, 3.8) is 0 Å². The molecule has 1 aliphatic rings. The number of piperidine rings is 1. The topological polar surface area (TPSA) is 50.7 Å². The van der Waals surface area contributed by atoms with Crippen molar-refractivity contribution in [3.05, 3.63) is 59.7 Å². The molecule has 0 amide bonds. The first-order valence-electron chi connectivity index (χ1n) is 11.4. The molecule has 0 aliphatic carbocycles. The number of aliphatic hydroxyl groups excluding tert-OH is 1. The van der Waals surface area contributed by atoms with Gasteiger partial charge in [-0.05, 0) is 48.2 Å². The predicted octanol–water partition coefficient (Wildman–Crippen LogP) is 5.82. The summed E-state index contributed by atoms with van der Waals surface area (Å²) in [5.74, 6) is 1.93. The number of nitrogens with one attached hydrogen (secondary N) is 1. The van der Waals surface area contributed by atoms with Crippen molar-refractivity contribution < 1.29 is 14.6 Å². The Hall–Kier alpha value is -2.04. The molecular weight excluding hydrogens is 374 g/mol. The van der Waals surface area contributed by atoms with Gasteiger partial charge in [0, 0.05) is 18.0 Å². The van der Waals surface area contributed by atoms with Crippen LogP contribution >= 0.6 is 0 Å². The molecule has 30 heavy (non-hydrogen) atoms. The minimum Gasteiger partial charge on any atom is -0.497 e. The molecule has 4 nitrogen and oxygen atoms in total. The number of unbranched alkanes of at least 4 members (excludes halogenated alkanes) is 4. The Morgan fingerprint density at radius 3 is 1.97 bits per heavy atom. The van der Waals surface area contributed by atoms with E-state index in [-0.39, 0.29) is 24.1 Å². The van der Waals surface area contributed by atoms with E-state index in [1.54, 1.807) is 14.2 Å². The third kappa shape index (κ3) is 5.77. The maximum absolute atomic E-state index is 11.1. The van der Waals surface area contributed by atoms with Crippen molar-refractivity contribution in [3.8, 4) is 11.5 Å². The average molecular weight is 412 g/mol. The van der Waals surface area contributed by atoms with Gasteiger partial charge in [-0.15, -0.1) is 0 Å². The maximum Gasteiger partial charge on any atom is 0.118 e. The van der Waals surface area contributed by atoms with Crippen LogP contribution in [0.1, 0.15) is 75.1 Å². The van der Waals surface area contributed by atoms with E-state index >= 15 is 0 Å². The Bertz CT molecular complexity index is 744. The number of rotatable bonds is 10. The lowest BCUT2D eigenvalue weighted by molar-refractivity contribution is 0.0253. The zero-order chi connectivity index (χ0) is 21.3. The minimum absolute atomic E-state index is 0.120. The van der Waals surface area contributed by atoms with Gasteiger partial charge in [-0.1, -0.05) is 63.3 Å². The summed E-state index contributed by atoms with van der Waals surface area (Å²) in [6.45, 7) is 2.24. The Labute approximate surface area is 181 Å². The van der Waals surface area contributed by atoms with Gasteiger partial charge in [0.15, 0.2) is 0 Å². The third-order valence-electron chi connectivity index (χ3n) is 6.41. The molecule has 1 fully saturated rings. The van der Waals surface area contributed by atoms with Gasteiger partial charge < -0.3 is 19.9 Å². The highest BCUT2D eigenvalue weighted by Gasteiger charge is 2.37. The molecule has 1 heterocycles. The summed E-state index contributed by atoms with van der Waals surface area (Å²) in [5, 5.41) is 15.0. The van der Waals surface area contributed by atoms with Crippen LogP contribution in [-0.4, -0.2) is 25.4 Å². The Kier molecular flexibility index (Phi) is 8.59. The molecule has 0 spiro atoms. The first-order valence-corrected chi connectivity index (χ1v) is 11.4. The zero-order valence-electron chi connectivity index (χ0n) is 18.6. The molecule has 2 aromatic rings. The summed E-state index contributed by atoms with van der Waals surface area (Å²) in [4.78, 5) is 0. The van der Waals surface area contributed by atoms with Gasteiger partial charge in [0.25, 0.3) is 0 Å². The maximum atomic E-state index is 11.1. The lowest BCUT2D eigenvalue weighted by atomic mass is 9.77. The van der Waals surface area contributed by atoms with E-state index in [4.69, 9.17) is 9.47 Å². The van der Waals surface area contributed by atoms with Gasteiger partial charge in [-0.3, -0.25) is 0 Å². The fourth-order valence-corrected chi connectivity index (χ4v) is 4.61. The predicted molar refractivity (Wildman–Crippen MR) is 122 cm³/mol. The fourth-order valence-electron chi connectivity index (χ4n) is 4.61. The van der Waals surface area contributed by atoms with Crippen LogP contribution in [0.3, 0.4) is 0 Å². The molecule has 164 valence electrons. The highest BCUT2D eigenvalue weighted by atomic mass is 16.5. The molecule has 0 radical (unpaired) electrons. The van der Waals surface area contributed by atoms with E-state index in [1.165, 1.54) is 43.2 Å². The van der Waals surface area contributed by atoms with Gasteiger partial charge in [0.1, 0.15) is 11.5 Å². The summed E-state index contributed by atoms with van der Waals surface area (Å²) in [6.07, 6.45) is 7.71. The van der Waals surface area contributed by atoms with Crippen LogP contribution in [0.2, 0.25) is 0 Å². The molecule has 0 bridgehead atoms. The van der Waals surface area contributed by atoms with Gasteiger partial charge >= 0.3 is 0 Å². The fraction of sp³-hybridized carbons (Fsp3) is 0.538. The second-order valence-corrected chi connectivity index (χ2v) is 8.41. The molecule has 1 aliphatic heterocycles. The smallest absolute Gasteiger partial charge is 0.118 e. The van der Waals surface area contributed by atoms with E-state index in [9.17, 15) is 5.11 Å². The summed E-state index contributed by atoms with van der Waals surface area (Å²) in [5.41, 5.74) is 2.40. The molecular formula is C26H37NO3. The number of hydrogen-bond donors (Lipinski definition) is 2. The quantitative estimate of drug-likeness (QED) is 0.484. The first-order chi connectivity index (χ1) is 14.7. The van der Waals surface area contributed by atoms with E-state index < -0.39 is 0 Å². The normalized spacial score (nSPS) is 23.9. The summed E-state index contributed by atoms with van der Waals surface area (Å²) in [7, 11) is 3.37. The van der Waals surface area contributed by atoms with Crippen molar-refractivity contribution in [1.82, 2.24) is 5.32 Å². The standard InChI is InChI=1S/C26H37NO3/c1-4-5-6-7-8-9-23-25(28)18-24(19-10-14-21(29-2)15-11-19)27-26(23)20-12-16-22(30-3)17-13-20/h10-17,23-28H,4-9,18H2,1-3H3/t23-,24+,25+,26+/m0/s1. The summed E-state index contributed by atoms with van der Waals surface area (Å²) >= 11 is 0. The van der Waals surface area contributed by atoms with Crippen LogP contribution in [0.4, 0.5) is 0 Å². The van der Waals surface area contributed by atoms with Crippen molar-refractivity contribution in [2.24, 2.45) is 5.92 Å². The molecule has 2 N–H and O–H groups in total. The zero-order valence-corrected chi connectivity index (χ0v) is 18.6. The molecule has 0 unspecified atom stereocenters. The van der Waals surface area contributed by atoms with Crippen LogP contribution in [-0.2, 0) is 0 Å². The Morgan fingerprint density at radius 2 is 1.40 bits per heavy atom. The molecule has 3 rings (SSSR count). The third-order valence-corrected chi connectivity index (χ3v) is 6.41. The van der Waals surface area contributed by atoms with Gasteiger partial charge in [-0.2, -0.15) is 0 Å². The van der Waals surface area contributed by atoms with E-state index in [0.717, 1.165) is 24.3 Å². The van der Waals surface area contributed by atoms with Crippen molar-refractivity contribution >= 4 is 0 Å². The lowest BCUT2D eigenvalue weighted by Crippen LogP contribution is -2.44. The number of hydrogen-bond acceptors (Lipinski definition) is 4. The van der Waals surface area contributed by atoms with Crippen molar-refractivity contribution in [2.45, 2.75) is 70.1 Å². The molecule has 0 aromatic heterocycles. The highest BCUT2D eigenvalue weighted by Crippen LogP contribution is 2.40. The Morgan fingerprint density at radius 1 is 0.833 bits per heavy atom. The number of aliphatic hydroxyl groups is 1. The van der Waals surface area contributed by atoms with Gasteiger partial charge in [-0.25, -0.2) is 0 Å². The molecule has 4 atom stereocenters. The average Bonchev–Trinajstić information content (AvgIpc) is 2.79. The summed E-state index contributed by atoms with van der Waals surface area (Å²) in [6, 6.07) is 16.7. The van der Waals surface area contributed by atoms with Crippen molar-refractivity contribution in [1.29, 1.82) is 0 Å².